The third-order valence-electron chi connectivity index (χ3n) is 4.58. The predicted molar refractivity (Wildman–Crippen MR) is 110 cm³/mol. The lowest BCUT2D eigenvalue weighted by molar-refractivity contribution is -0.152. The number of methoxy groups -OCH3 is 3. The highest BCUT2D eigenvalue weighted by molar-refractivity contribution is 5.85. The number of hydrogen-bond donors (Lipinski definition) is 1. The molecule has 2 aromatic rings. The zero-order valence-electron chi connectivity index (χ0n) is 16.9. The van der Waals surface area contributed by atoms with Crippen molar-refractivity contribution in [2.45, 2.75) is 26.5 Å². The number of carbonyl (C=O) groups excluding carboxylic acids is 1. The summed E-state index contributed by atoms with van der Waals surface area (Å²) in [5, 5.41) is 0. The van der Waals surface area contributed by atoms with Gasteiger partial charge in [-0.25, -0.2) is 0 Å². The molecule has 154 valence electrons. The van der Waals surface area contributed by atoms with Gasteiger partial charge in [-0.3, -0.25) is 4.79 Å². The Labute approximate surface area is 172 Å². The summed E-state index contributed by atoms with van der Waals surface area (Å²) in [5.74, 6) is 1.16. The molecule has 0 aliphatic heterocycles. The van der Waals surface area contributed by atoms with Gasteiger partial charge < -0.3 is 24.7 Å². The van der Waals surface area contributed by atoms with Crippen LogP contribution in [0.1, 0.15) is 31.0 Å². The summed E-state index contributed by atoms with van der Waals surface area (Å²) in [5.41, 5.74) is 7.15. The molecule has 0 aromatic heterocycles. The van der Waals surface area contributed by atoms with Crippen LogP contribution in [-0.2, 0) is 16.1 Å². The van der Waals surface area contributed by atoms with E-state index in [-0.39, 0.29) is 12.4 Å². The van der Waals surface area contributed by atoms with E-state index in [1.165, 1.54) is 7.11 Å². The smallest absolute Gasteiger partial charge is 0.313 e. The molecule has 28 heavy (non-hydrogen) atoms. The summed E-state index contributed by atoms with van der Waals surface area (Å²) in [4.78, 5) is 12.2. The van der Waals surface area contributed by atoms with Crippen LogP contribution in [0.3, 0.4) is 0 Å². The van der Waals surface area contributed by atoms with Crippen molar-refractivity contribution in [1.29, 1.82) is 0 Å². The minimum Gasteiger partial charge on any atom is -0.493 e. The minimum atomic E-state index is -0.959. The topological polar surface area (TPSA) is 80.0 Å². The number of ether oxygens (including phenoxy) is 4. The Bertz CT molecular complexity index is 780. The van der Waals surface area contributed by atoms with Crippen LogP contribution >= 0.6 is 12.4 Å². The highest BCUT2D eigenvalue weighted by Gasteiger charge is 2.38. The average Bonchev–Trinajstić information content (AvgIpc) is 2.70. The van der Waals surface area contributed by atoms with E-state index in [0.29, 0.717) is 29.4 Å². The fraction of sp³-hybridized carbons (Fsp3) is 0.381. The summed E-state index contributed by atoms with van der Waals surface area (Å²) in [7, 11) is 4.44. The zero-order chi connectivity index (χ0) is 20.0. The Morgan fingerprint density at radius 2 is 1.57 bits per heavy atom. The third-order valence-corrected chi connectivity index (χ3v) is 4.58. The van der Waals surface area contributed by atoms with Crippen molar-refractivity contribution in [2.24, 2.45) is 11.1 Å². The quantitative estimate of drug-likeness (QED) is 0.666. The number of hydrogen-bond acceptors (Lipinski definition) is 6. The first-order valence-corrected chi connectivity index (χ1v) is 8.61. The highest BCUT2D eigenvalue weighted by atomic mass is 35.5. The molecule has 0 bridgehead atoms. The van der Waals surface area contributed by atoms with Gasteiger partial charge in [0.2, 0.25) is 0 Å². The van der Waals surface area contributed by atoms with Crippen LogP contribution in [-0.4, -0.2) is 27.3 Å². The molecule has 0 amide bonds. The number of rotatable bonds is 8. The number of benzene rings is 2. The summed E-state index contributed by atoms with van der Waals surface area (Å²) in [6.45, 7) is 3.83. The third kappa shape index (κ3) is 5.09. The second kappa shape index (κ2) is 10.2. The largest absolute Gasteiger partial charge is 0.493 e. The van der Waals surface area contributed by atoms with Gasteiger partial charge >= 0.3 is 5.97 Å². The Balaban J connectivity index is 0.00000392. The Kier molecular flexibility index (Phi) is 8.60. The van der Waals surface area contributed by atoms with Crippen molar-refractivity contribution in [3.05, 3.63) is 53.6 Å². The molecule has 0 heterocycles. The molecule has 0 unspecified atom stereocenters. The standard InChI is InChI=1S/C21H27NO5.ClH/c1-21(2,20(23)26-5)19(22)15-11-17(24-3)18(25-4)12-16(15)27-13-14-9-7-6-8-10-14;/h6-12,19H,13,22H2,1-5H3;1H/t19-;/m0./s1. The molecule has 0 spiro atoms. The van der Waals surface area contributed by atoms with Gasteiger partial charge in [-0.15, -0.1) is 12.4 Å². The maximum Gasteiger partial charge on any atom is 0.313 e. The normalized spacial score (nSPS) is 11.8. The van der Waals surface area contributed by atoms with Gasteiger partial charge in [-0.1, -0.05) is 30.3 Å². The SMILES string of the molecule is COC(=O)C(C)(C)[C@@H](N)c1cc(OC)c(OC)cc1OCc1ccccc1.Cl. The first kappa shape index (κ1) is 23.6. The number of halogens is 1. The molecule has 1 atom stereocenters. The van der Waals surface area contributed by atoms with Crippen molar-refractivity contribution in [2.75, 3.05) is 21.3 Å². The molecule has 0 saturated carbocycles. The maximum absolute atomic E-state index is 12.2. The molecular formula is C21H28ClNO5. The van der Waals surface area contributed by atoms with Gasteiger partial charge in [-0.2, -0.15) is 0 Å². The summed E-state index contributed by atoms with van der Waals surface area (Å²) in [6, 6.07) is 12.6. The zero-order valence-corrected chi connectivity index (χ0v) is 17.7. The first-order valence-electron chi connectivity index (χ1n) is 8.61. The molecular weight excluding hydrogens is 382 g/mol. The second-order valence-electron chi connectivity index (χ2n) is 6.71. The Morgan fingerprint density at radius 1 is 1.00 bits per heavy atom. The van der Waals surface area contributed by atoms with Crippen molar-refractivity contribution in [3.8, 4) is 17.2 Å². The second-order valence-corrected chi connectivity index (χ2v) is 6.71. The maximum atomic E-state index is 12.2. The summed E-state index contributed by atoms with van der Waals surface area (Å²) < 4.78 is 21.7. The van der Waals surface area contributed by atoms with Crippen molar-refractivity contribution >= 4 is 18.4 Å². The Morgan fingerprint density at radius 3 is 2.11 bits per heavy atom. The lowest BCUT2D eigenvalue weighted by Crippen LogP contribution is -2.37. The van der Waals surface area contributed by atoms with E-state index >= 15 is 0 Å². The molecule has 2 aromatic carbocycles. The molecule has 2 rings (SSSR count). The van der Waals surface area contributed by atoms with Crippen LogP contribution in [0, 0.1) is 5.41 Å². The number of nitrogens with two attached hydrogens (primary N) is 1. The van der Waals surface area contributed by atoms with E-state index in [9.17, 15) is 4.79 Å². The fourth-order valence-electron chi connectivity index (χ4n) is 2.76. The predicted octanol–water partition coefficient (Wildman–Crippen LogP) is 3.90. The van der Waals surface area contributed by atoms with E-state index < -0.39 is 17.4 Å². The first-order chi connectivity index (χ1) is 12.8. The molecule has 0 fully saturated rings. The van der Waals surface area contributed by atoms with Gasteiger partial charge in [-0.05, 0) is 25.5 Å². The van der Waals surface area contributed by atoms with Crippen LogP contribution in [0.4, 0.5) is 0 Å². The molecule has 0 saturated heterocycles. The lowest BCUT2D eigenvalue weighted by atomic mass is 9.80. The van der Waals surface area contributed by atoms with Gasteiger partial charge in [0, 0.05) is 17.7 Å². The van der Waals surface area contributed by atoms with Crippen LogP contribution < -0.4 is 19.9 Å². The van der Waals surface area contributed by atoms with Gasteiger partial charge in [0.1, 0.15) is 12.4 Å². The van der Waals surface area contributed by atoms with Gasteiger partial charge in [0.05, 0.1) is 26.7 Å². The van der Waals surface area contributed by atoms with E-state index in [2.05, 4.69) is 0 Å². The number of esters is 1. The number of carbonyl (C=O) groups is 1. The van der Waals surface area contributed by atoms with E-state index in [1.807, 2.05) is 30.3 Å². The molecule has 0 aliphatic rings. The van der Waals surface area contributed by atoms with Gasteiger partial charge in [0.25, 0.3) is 0 Å². The Hall–Kier alpha value is -2.44. The van der Waals surface area contributed by atoms with Crippen LogP contribution in [0.2, 0.25) is 0 Å². The molecule has 2 N–H and O–H groups in total. The highest BCUT2D eigenvalue weighted by Crippen LogP contribution is 2.42. The monoisotopic (exact) mass is 409 g/mol. The lowest BCUT2D eigenvalue weighted by Gasteiger charge is -2.30. The van der Waals surface area contributed by atoms with Crippen molar-refractivity contribution in [3.63, 3.8) is 0 Å². The van der Waals surface area contributed by atoms with Crippen LogP contribution in [0.15, 0.2) is 42.5 Å². The summed E-state index contributed by atoms with van der Waals surface area (Å²) in [6.07, 6.45) is 0. The molecule has 7 heteroatoms. The van der Waals surface area contributed by atoms with Crippen LogP contribution in [0.25, 0.3) is 0 Å². The average molecular weight is 410 g/mol. The molecule has 0 aliphatic carbocycles. The fourth-order valence-corrected chi connectivity index (χ4v) is 2.76. The minimum absolute atomic E-state index is 0. The molecule has 0 radical (unpaired) electrons. The molecule has 6 nitrogen and oxygen atoms in total. The van der Waals surface area contributed by atoms with Crippen LogP contribution in [0.5, 0.6) is 17.2 Å². The van der Waals surface area contributed by atoms with E-state index in [0.717, 1.165) is 5.56 Å². The summed E-state index contributed by atoms with van der Waals surface area (Å²) >= 11 is 0. The van der Waals surface area contributed by atoms with Crippen molar-refractivity contribution in [1.82, 2.24) is 0 Å². The van der Waals surface area contributed by atoms with E-state index in [4.69, 9.17) is 24.7 Å². The van der Waals surface area contributed by atoms with E-state index in [1.54, 1.807) is 40.2 Å². The van der Waals surface area contributed by atoms with Gasteiger partial charge in [0.15, 0.2) is 11.5 Å². The van der Waals surface area contributed by atoms with Crippen molar-refractivity contribution < 1.29 is 23.7 Å².